The Balaban J connectivity index is 1.83. The first-order valence-corrected chi connectivity index (χ1v) is 8.09. The molecule has 0 atom stereocenters. The van der Waals surface area contributed by atoms with E-state index in [2.05, 4.69) is 14.9 Å². The zero-order valence-electron chi connectivity index (χ0n) is 13.3. The molecule has 1 N–H and O–H groups in total. The lowest BCUT2D eigenvalue weighted by Gasteiger charge is -2.29. The Morgan fingerprint density at radius 2 is 1.92 bits per heavy atom. The lowest BCUT2D eigenvalue weighted by Crippen LogP contribution is -2.37. The highest BCUT2D eigenvalue weighted by atomic mass is 16.5. The molecule has 3 aromatic heterocycles. The standard InChI is InChI=1S/C17H19N5O2/c23-8-3-14-11-17(21-6-9-24-10-7-21)22-16(19-14)12-15(20-22)13-1-4-18-5-2-13/h1-2,4-5,11-12,23H,3,6-10H2. The maximum Gasteiger partial charge on any atom is 0.158 e. The lowest BCUT2D eigenvalue weighted by molar-refractivity contribution is 0.122. The van der Waals surface area contributed by atoms with Gasteiger partial charge in [-0.25, -0.2) is 4.98 Å². The minimum atomic E-state index is 0.0804. The lowest BCUT2D eigenvalue weighted by atomic mass is 10.2. The summed E-state index contributed by atoms with van der Waals surface area (Å²) in [5.74, 6) is 0.993. The van der Waals surface area contributed by atoms with Crippen molar-refractivity contribution in [2.75, 3.05) is 37.8 Å². The molecule has 7 heteroatoms. The molecule has 0 bridgehead atoms. The number of morpholine rings is 1. The number of hydrogen-bond donors (Lipinski definition) is 1. The normalized spacial score (nSPS) is 15.1. The highest BCUT2D eigenvalue weighted by Crippen LogP contribution is 2.24. The molecule has 0 aromatic carbocycles. The number of nitrogens with zero attached hydrogens (tertiary/aromatic N) is 5. The topological polar surface area (TPSA) is 75.8 Å². The van der Waals surface area contributed by atoms with Crippen LogP contribution in [0.5, 0.6) is 0 Å². The summed E-state index contributed by atoms with van der Waals surface area (Å²) >= 11 is 0. The van der Waals surface area contributed by atoms with E-state index in [0.29, 0.717) is 19.6 Å². The van der Waals surface area contributed by atoms with Gasteiger partial charge in [0.25, 0.3) is 0 Å². The van der Waals surface area contributed by atoms with E-state index < -0.39 is 0 Å². The van der Waals surface area contributed by atoms with Gasteiger partial charge in [-0.1, -0.05) is 0 Å². The summed E-state index contributed by atoms with van der Waals surface area (Å²) in [6.45, 7) is 3.14. The summed E-state index contributed by atoms with van der Waals surface area (Å²) in [4.78, 5) is 10.9. The van der Waals surface area contributed by atoms with Crippen LogP contribution in [0.4, 0.5) is 5.82 Å². The molecule has 1 fully saturated rings. The van der Waals surface area contributed by atoms with Crippen molar-refractivity contribution in [3.63, 3.8) is 0 Å². The minimum absolute atomic E-state index is 0.0804. The van der Waals surface area contributed by atoms with Crippen molar-refractivity contribution in [3.8, 4) is 11.3 Å². The van der Waals surface area contributed by atoms with Crippen LogP contribution in [-0.2, 0) is 11.2 Å². The van der Waals surface area contributed by atoms with Gasteiger partial charge in [0.15, 0.2) is 5.65 Å². The van der Waals surface area contributed by atoms with E-state index in [-0.39, 0.29) is 6.61 Å². The van der Waals surface area contributed by atoms with E-state index in [1.807, 2.05) is 28.8 Å². The molecule has 0 unspecified atom stereocenters. The van der Waals surface area contributed by atoms with Crippen molar-refractivity contribution in [1.29, 1.82) is 0 Å². The first-order chi connectivity index (χ1) is 11.8. The van der Waals surface area contributed by atoms with Gasteiger partial charge in [0.05, 0.1) is 18.9 Å². The molecule has 0 amide bonds. The molecule has 0 spiro atoms. The largest absolute Gasteiger partial charge is 0.396 e. The van der Waals surface area contributed by atoms with Crippen molar-refractivity contribution in [2.24, 2.45) is 0 Å². The van der Waals surface area contributed by atoms with Gasteiger partial charge < -0.3 is 14.7 Å². The first-order valence-electron chi connectivity index (χ1n) is 8.09. The van der Waals surface area contributed by atoms with Crippen LogP contribution in [0.25, 0.3) is 16.9 Å². The summed E-state index contributed by atoms with van der Waals surface area (Å²) in [5, 5.41) is 14.0. The highest BCUT2D eigenvalue weighted by molar-refractivity contribution is 5.65. The van der Waals surface area contributed by atoms with Crippen molar-refractivity contribution in [2.45, 2.75) is 6.42 Å². The van der Waals surface area contributed by atoms with Gasteiger partial charge >= 0.3 is 0 Å². The van der Waals surface area contributed by atoms with Gasteiger partial charge in [-0.15, -0.1) is 0 Å². The van der Waals surface area contributed by atoms with E-state index in [0.717, 1.165) is 41.5 Å². The van der Waals surface area contributed by atoms with Crippen molar-refractivity contribution in [3.05, 3.63) is 42.4 Å². The molecule has 0 saturated carbocycles. The Labute approximate surface area is 139 Å². The molecule has 0 aliphatic carbocycles. The third-order valence-corrected chi connectivity index (χ3v) is 4.14. The fourth-order valence-corrected chi connectivity index (χ4v) is 2.93. The zero-order valence-corrected chi connectivity index (χ0v) is 13.3. The number of hydrogen-bond acceptors (Lipinski definition) is 6. The number of pyridine rings is 1. The third-order valence-electron chi connectivity index (χ3n) is 4.14. The third kappa shape index (κ3) is 2.83. The highest BCUT2D eigenvalue weighted by Gasteiger charge is 2.18. The summed E-state index contributed by atoms with van der Waals surface area (Å²) in [6.07, 6.45) is 4.04. The fourth-order valence-electron chi connectivity index (χ4n) is 2.93. The second kappa shape index (κ2) is 6.54. The quantitative estimate of drug-likeness (QED) is 0.776. The van der Waals surface area contributed by atoms with E-state index in [1.54, 1.807) is 12.4 Å². The van der Waals surface area contributed by atoms with Gasteiger partial charge in [-0.05, 0) is 12.1 Å². The summed E-state index contributed by atoms with van der Waals surface area (Å²) in [6, 6.07) is 7.85. The molecule has 7 nitrogen and oxygen atoms in total. The molecule has 1 aliphatic rings. The second-order valence-corrected chi connectivity index (χ2v) is 5.71. The van der Waals surface area contributed by atoms with Crippen molar-refractivity contribution < 1.29 is 9.84 Å². The first kappa shape index (κ1) is 15.0. The van der Waals surface area contributed by atoms with Crippen molar-refractivity contribution >= 4 is 11.5 Å². The van der Waals surface area contributed by atoms with E-state index >= 15 is 0 Å². The Bertz CT molecular complexity index is 828. The number of aromatic nitrogens is 4. The van der Waals surface area contributed by atoms with E-state index in [1.165, 1.54) is 0 Å². The molecule has 1 aliphatic heterocycles. The van der Waals surface area contributed by atoms with Crippen LogP contribution >= 0.6 is 0 Å². The number of anilines is 1. The summed E-state index contributed by atoms with van der Waals surface area (Å²) in [7, 11) is 0. The zero-order chi connectivity index (χ0) is 16.4. The Morgan fingerprint density at radius 3 is 2.67 bits per heavy atom. The smallest absolute Gasteiger partial charge is 0.158 e. The molecule has 0 radical (unpaired) electrons. The van der Waals surface area contributed by atoms with Gasteiger partial charge in [-0.3, -0.25) is 4.98 Å². The van der Waals surface area contributed by atoms with E-state index in [4.69, 9.17) is 9.84 Å². The maximum absolute atomic E-state index is 9.27. The van der Waals surface area contributed by atoms with Crippen LogP contribution in [0, 0.1) is 0 Å². The molecule has 4 heterocycles. The average Bonchev–Trinajstić information content (AvgIpc) is 3.07. The SMILES string of the molecule is OCCc1cc(N2CCOCC2)n2nc(-c3ccncc3)cc2n1. The van der Waals surface area contributed by atoms with Crippen molar-refractivity contribution in [1.82, 2.24) is 19.6 Å². The molecular weight excluding hydrogens is 306 g/mol. The number of aliphatic hydroxyl groups excluding tert-OH is 1. The number of fused-ring (bicyclic) bond motifs is 1. The number of ether oxygens (including phenoxy) is 1. The minimum Gasteiger partial charge on any atom is -0.396 e. The molecule has 1 saturated heterocycles. The second-order valence-electron chi connectivity index (χ2n) is 5.71. The monoisotopic (exact) mass is 325 g/mol. The number of aliphatic hydroxyl groups is 1. The van der Waals surface area contributed by atoms with Crippen LogP contribution in [0.2, 0.25) is 0 Å². The summed E-state index contributed by atoms with van der Waals surface area (Å²) in [5.41, 5.74) is 3.52. The molecular formula is C17H19N5O2. The van der Waals surface area contributed by atoms with Crippen LogP contribution in [0.3, 0.4) is 0 Å². The predicted molar refractivity (Wildman–Crippen MR) is 90.0 cm³/mol. The Kier molecular flexibility index (Phi) is 4.10. The van der Waals surface area contributed by atoms with Crippen LogP contribution < -0.4 is 4.90 Å². The van der Waals surface area contributed by atoms with Gasteiger partial charge in [0.2, 0.25) is 0 Å². The molecule has 4 rings (SSSR count). The predicted octanol–water partition coefficient (Wildman–Crippen LogP) is 1.16. The van der Waals surface area contributed by atoms with Crippen LogP contribution in [0.15, 0.2) is 36.7 Å². The maximum atomic E-state index is 9.27. The number of rotatable bonds is 4. The molecule has 3 aromatic rings. The van der Waals surface area contributed by atoms with Crippen LogP contribution in [-0.4, -0.2) is 57.6 Å². The van der Waals surface area contributed by atoms with Crippen LogP contribution in [0.1, 0.15) is 5.69 Å². The van der Waals surface area contributed by atoms with E-state index in [9.17, 15) is 5.11 Å². The summed E-state index contributed by atoms with van der Waals surface area (Å²) < 4.78 is 7.33. The molecule has 124 valence electrons. The van der Waals surface area contributed by atoms with Gasteiger partial charge in [-0.2, -0.15) is 9.61 Å². The van der Waals surface area contributed by atoms with Gasteiger partial charge in [0, 0.05) is 61.9 Å². The van der Waals surface area contributed by atoms with Gasteiger partial charge in [0.1, 0.15) is 5.82 Å². The molecule has 24 heavy (non-hydrogen) atoms. The average molecular weight is 325 g/mol. The Morgan fingerprint density at radius 1 is 1.12 bits per heavy atom. The fraction of sp³-hybridized carbons (Fsp3) is 0.353. The Hall–Kier alpha value is -2.51.